The van der Waals surface area contributed by atoms with Crippen LogP contribution in [0, 0.1) is 11.3 Å². The van der Waals surface area contributed by atoms with Crippen LogP contribution < -0.4 is 11.1 Å². The van der Waals surface area contributed by atoms with Crippen LogP contribution in [0.25, 0.3) is 0 Å². The van der Waals surface area contributed by atoms with Crippen molar-refractivity contribution < 1.29 is 14.7 Å². The molecule has 0 radical (unpaired) electrons. The summed E-state index contributed by atoms with van der Waals surface area (Å²) < 4.78 is 0. The molecule has 0 saturated heterocycles. The van der Waals surface area contributed by atoms with Gasteiger partial charge in [-0.05, 0) is 38.5 Å². The summed E-state index contributed by atoms with van der Waals surface area (Å²) in [7, 11) is 0. The highest BCUT2D eigenvalue weighted by atomic mass is 16.4. The summed E-state index contributed by atoms with van der Waals surface area (Å²) in [5.41, 5.74) is 4.76. The first kappa shape index (κ1) is 15.0. The van der Waals surface area contributed by atoms with Crippen molar-refractivity contribution in [2.24, 2.45) is 17.1 Å². The van der Waals surface area contributed by atoms with Crippen molar-refractivity contribution >= 4 is 11.9 Å². The first-order valence-corrected chi connectivity index (χ1v) is 6.61. The lowest BCUT2D eigenvalue weighted by Crippen LogP contribution is -2.45. The van der Waals surface area contributed by atoms with Crippen molar-refractivity contribution in [3.05, 3.63) is 0 Å². The molecule has 0 heterocycles. The Morgan fingerprint density at radius 1 is 1.44 bits per heavy atom. The minimum absolute atomic E-state index is 0.163. The van der Waals surface area contributed by atoms with Crippen molar-refractivity contribution in [2.45, 2.75) is 52.0 Å². The molecule has 1 aliphatic carbocycles. The lowest BCUT2D eigenvalue weighted by atomic mass is 9.71. The standard InChI is InChI=1S/C13H24N2O3/c1-9-3-5-13(6-4-9,12(17)18)8-15-11(16)7-10(2)14/h9-10H,3-8,14H2,1-2H3,(H,15,16)(H,17,18). The first-order chi connectivity index (χ1) is 8.35. The number of nitrogens with one attached hydrogen (secondary N) is 1. The molecule has 1 unspecified atom stereocenters. The number of nitrogens with two attached hydrogens (primary N) is 1. The third-order valence-electron chi connectivity index (χ3n) is 3.82. The molecule has 0 spiro atoms. The van der Waals surface area contributed by atoms with E-state index >= 15 is 0 Å². The van der Waals surface area contributed by atoms with E-state index in [2.05, 4.69) is 12.2 Å². The smallest absolute Gasteiger partial charge is 0.311 e. The number of carbonyl (C=O) groups is 2. The largest absolute Gasteiger partial charge is 0.481 e. The van der Waals surface area contributed by atoms with E-state index in [9.17, 15) is 14.7 Å². The van der Waals surface area contributed by atoms with E-state index in [1.165, 1.54) is 0 Å². The lowest BCUT2D eigenvalue weighted by Gasteiger charge is -2.35. The van der Waals surface area contributed by atoms with Crippen molar-refractivity contribution in [1.82, 2.24) is 5.32 Å². The third-order valence-corrected chi connectivity index (χ3v) is 3.82. The Hall–Kier alpha value is -1.10. The van der Waals surface area contributed by atoms with Crippen LogP contribution in [0.5, 0.6) is 0 Å². The zero-order chi connectivity index (χ0) is 13.8. The van der Waals surface area contributed by atoms with Crippen LogP contribution in [0.1, 0.15) is 46.0 Å². The van der Waals surface area contributed by atoms with Crippen molar-refractivity contribution in [3.8, 4) is 0 Å². The first-order valence-electron chi connectivity index (χ1n) is 6.61. The van der Waals surface area contributed by atoms with Crippen molar-refractivity contribution in [3.63, 3.8) is 0 Å². The van der Waals surface area contributed by atoms with Crippen LogP contribution in [-0.4, -0.2) is 29.6 Å². The summed E-state index contributed by atoms with van der Waals surface area (Å²) >= 11 is 0. The monoisotopic (exact) mass is 256 g/mol. The number of hydrogen-bond acceptors (Lipinski definition) is 3. The third kappa shape index (κ3) is 3.98. The Labute approximate surface area is 108 Å². The molecular weight excluding hydrogens is 232 g/mol. The number of hydrogen-bond donors (Lipinski definition) is 3. The molecule has 5 heteroatoms. The molecule has 1 saturated carbocycles. The van der Waals surface area contributed by atoms with Crippen molar-refractivity contribution in [1.29, 1.82) is 0 Å². The minimum atomic E-state index is -0.796. The summed E-state index contributed by atoms with van der Waals surface area (Å²) in [5.74, 6) is -0.378. The fourth-order valence-corrected chi connectivity index (χ4v) is 2.41. The van der Waals surface area contributed by atoms with E-state index in [1.807, 2.05) is 0 Å². The number of carboxylic acid groups (broad SMARTS) is 1. The maximum atomic E-state index is 11.5. The SMILES string of the molecule is CC(N)CC(=O)NCC1(C(=O)O)CCC(C)CC1. The van der Waals surface area contributed by atoms with Crippen LogP contribution in [0.2, 0.25) is 0 Å². The molecule has 18 heavy (non-hydrogen) atoms. The van der Waals surface area contributed by atoms with E-state index < -0.39 is 11.4 Å². The van der Waals surface area contributed by atoms with E-state index in [0.717, 1.165) is 12.8 Å². The number of amides is 1. The Morgan fingerprint density at radius 3 is 2.44 bits per heavy atom. The van der Waals surface area contributed by atoms with Gasteiger partial charge in [0.1, 0.15) is 0 Å². The minimum Gasteiger partial charge on any atom is -0.481 e. The van der Waals surface area contributed by atoms with Crippen LogP contribution in [0.3, 0.4) is 0 Å². The van der Waals surface area contributed by atoms with Crippen LogP contribution >= 0.6 is 0 Å². The summed E-state index contributed by atoms with van der Waals surface area (Å²) in [5, 5.41) is 12.1. The summed E-state index contributed by atoms with van der Waals surface area (Å²) in [6.07, 6.45) is 3.35. The molecule has 5 nitrogen and oxygen atoms in total. The molecule has 1 atom stereocenters. The van der Waals surface area contributed by atoms with Crippen LogP contribution in [-0.2, 0) is 9.59 Å². The molecule has 0 bridgehead atoms. The second kappa shape index (κ2) is 6.18. The molecule has 4 N–H and O–H groups in total. The van der Waals surface area contributed by atoms with Gasteiger partial charge in [-0.3, -0.25) is 9.59 Å². The molecule has 1 fully saturated rings. The van der Waals surface area contributed by atoms with E-state index in [-0.39, 0.29) is 24.9 Å². The quantitative estimate of drug-likeness (QED) is 0.687. The highest BCUT2D eigenvalue weighted by Crippen LogP contribution is 2.38. The number of rotatable bonds is 5. The fraction of sp³-hybridized carbons (Fsp3) is 0.846. The van der Waals surface area contributed by atoms with Crippen LogP contribution in [0.4, 0.5) is 0 Å². The normalized spacial score (nSPS) is 29.6. The van der Waals surface area contributed by atoms with E-state index in [0.29, 0.717) is 18.8 Å². The number of carboxylic acids is 1. The molecule has 0 aromatic rings. The Morgan fingerprint density at radius 2 is 2.00 bits per heavy atom. The van der Waals surface area contributed by atoms with Gasteiger partial charge in [0, 0.05) is 19.0 Å². The van der Waals surface area contributed by atoms with E-state index in [4.69, 9.17) is 5.73 Å². The van der Waals surface area contributed by atoms with Gasteiger partial charge in [-0.15, -0.1) is 0 Å². The maximum absolute atomic E-state index is 11.5. The van der Waals surface area contributed by atoms with Crippen LogP contribution in [0.15, 0.2) is 0 Å². The maximum Gasteiger partial charge on any atom is 0.311 e. The van der Waals surface area contributed by atoms with Gasteiger partial charge in [-0.2, -0.15) is 0 Å². The number of aliphatic carboxylic acids is 1. The predicted octanol–water partition coefficient (Wildman–Crippen LogP) is 1.12. The van der Waals surface area contributed by atoms with Gasteiger partial charge in [-0.1, -0.05) is 6.92 Å². The second-order valence-electron chi connectivity index (χ2n) is 5.73. The Bertz CT molecular complexity index is 307. The summed E-state index contributed by atoms with van der Waals surface area (Å²) in [4.78, 5) is 23.0. The molecule has 1 rings (SSSR count). The topological polar surface area (TPSA) is 92.4 Å². The average Bonchev–Trinajstić information content (AvgIpc) is 2.27. The highest BCUT2D eigenvalue weighted by Gasteiger charge is 2.41. The number of carbonyl (C=O) groups excluding carboxylic acids is 1. The summed E-state index contributed by atoms with van der Waals surface area (Å²) in [6, 6.07) is -0.197. The van der Waals surface area contributed by atoms with Gasteiger partial charge < -0.3 is 16.2 Å². The van der Waals surface area contributed by atoms with Gasteiger partial charge in [0.15, 0.2) is 0 Å². The highest BCUT2D eigenvalue weighted by molar-refractivity contribution is 5.79. The Balaban J connectivity index is 2.54. The zero-order valence-electron chi connectivity index (χ0n) is 11.2. The van der Waals surface area contributed by atoms with Gasteiger partial charge in [0.25, 0.3) is 0 Å². The van der Waals surface area contributed by atoms with Gasteiger partial charge in [-0.25, -0.2) is 0 Å². The van der Waals surface area contributed by atoms with Crippen molar-refractivity contribution in [2.75, 3.05) is 6.54 Å². The van der Waals surface area contributed by atoms with Gasteiger partial charge >= 0.3 is 5.97 Å². The molecule has 104 valence electrons. The molecular formula is C13H24N2O3. The molecule has 1 aliphatic rings. The molecule has 1 amide bonds. The average molecular weight is 256 g/mol. The zero-order valence-corrected chi connectivity index (χ0v) is 11.2. The summed E-state index contributed by atoms with van der Waals surface area (Å²) in [6.45, 7) is 4.12. The van der Waals surface area contributed by atoms with E-state index in [1.54, 1.807) is 6.92 Å². The second-order valence-corrected chi connectivity index (χ2v) is 5.73. The predicted molar refractivity (Wildman–Crippen MR) is 69.0 cm³/mol. The van der Waals surface area contributed by atoms with Gasteiger partial charge in [0.05, 0.1) is 5.41 Å². The molecule has 0 aromatic carbocycles. The van der Waals surface area contributed by atoms with Gasteiger partial charge in [0.2, 0.25) is 5.91 Å². The molecule has 0 aliphatic heterocycles. The molecule has 0 aromatic heterocycles. The lowest BCUT2D eigenvalue weighted by molar-refractivity contribution is -0.151. The fourth-order valence-electron chi connectivity index (χ4n) is 2.41. The Kier molecular flexibility index (Phi) is 5.14.